The van der Waals surface area contributed by atoms with Gasteiger partial charge < -0.3 is 0 Å². The monoisotopic (exact) mass is 658 g/mol. The molecule has 1 heteroatoms. The van der Waals surface area contributed by atoms with Crippen LogP contribution < -0.4 is 5.19 Å². The minimum absolute atomic E-state index is 0.135. The molecule has 0 saturated carbocycles. The average molecular weight is 659 g/mol. The first-order chi connectivity index (χ1) is 24.5. The highest BCUT2D eigenvalue weighted by Crippen LogP contribution is 2.55. The van der Waals surface area contributed by atoms with Crippen molar-refractivity contribution in [3.63, 3.8) is 0 Å². The number of benzene rings is 5. The maximum atomic E-state index is 2.55. The van der Waals surface area contributed by atoms with Crippen molar-refractivity contribution < 1.29 is 0 Å². The Labute approximate surface area is 299 Å². The Balaban J connectivity index is 1.33. The summed E-state index contributed by atoms with van der Waals surface area (Å²) in [6, 6.07) is 32.4. The molecule has 4 aliphatic rings. The van der Waals surface area contributed by atoms with Crippen LogP contribution in [-0.2, 0) is 0 Å². The molecule has 0 saturated heterocycles. The van der Waals surface area contributed by atoms with Crippen LogP contribution >= 0.6 is 0 Å². The van der Waals surface area contributed by atoms with Crippen LogP contribution in [0.15, 0.2) is 168 Å². The molecule has 0 amide bonds. The molecule has 0 aliphatic heterocycles. The second kappa shape index (κ2) is 12.3. The molecule has 242 valence electrons. The fourth-order valence-electron chi connectivity index (χ4n) is 9.04. The standard InChI is InChI=1S/C49H42Si/c1-30-24-33-16-10-12-18-37(33)42(26-30)44-28-35-14-6-4-8-20-39(35)48(44)41-22-23-46(50)32(3)47(41)49-40-21-9-5-7-15-36(40)29-45(49)43-27-31(2)25-34-17-11-13-19-38(34)43/h4-13,16-29,48-49H,14-15H2,1-3,50H3. The molecule has 50 heavy (non-hydrogen) atoms. The van der Waals surface area contributed by atoms with Crippen molar-refractivity contribution in [2.24, 2.45) is 0 Å². The van der Waals surface area contributed by atoms with Crippen LogP contribution in [0.5, 0.6) is 0 Å². The van der Waals surface area contributed by atoms with Gasteiger partial charge in [0.2, 0.25) is 0 Å². The molecule has 9 rings (SSSR count). The third kappa shape index (κ3) is 5.03. The molecule has 2 unspecified atom stereocenters. The predicted molar refractivity (Wildman–Crippen MR) is 219 cm³/mol. The first-order valence-electron chi connectivity index (χ1n) is 18.1. The minimum atomic E-state index is 0.135. The molecule has 0 aromatic heterocycles. The molecule has 0 bridgehead atoms. The third-order valence-corrected chi connectivity index (χ3v) is 12.5. The summed E-state index contributed by atoms with van der Waals surface area (Å²) < 4.78 is 0. The molecular formula is C49H42Si. The van der Waals surface area contributed by atoms with Crippen molar-refractivity contribution >= 4 is 48.1 Å². The molecule has 0 heterocycles. The number of hydrogen-bond acceptors (Lipinski definition) is 0. The molecule has 4 aliphatic carbocycles. The van der Waals surface area contributed by atoms with Gasteiger partial charge in [0.05, 0.1) is 0 Å². The van der Waals surface area contributed by atoms with E-state index in [1.807, 2.05) is 0 Å². The van der Waals surface area contributed by atoms with Crippen LogP contribution in [0.3, 0.4) is 0 Å². The number of aryl methyl sites for hydroxylation is 2. The Morgan fingerprint density at radius 3 is 1.66 bits per heavy atom. The summed E-state index contributed by atoms with van der Waals surface area (Å²) in [5, 5.41) is 6.78. The van der Waals surface area contributed by atoms with Gasteiger partial charge in [-0.1, -0.05) is 151 Å². The van der Waals surface area contributed by atoms with Crippen molar-refractivity contribution in [3.8, 4) is 0 Å². The van der Waals surface area contributed by atoms with Gasteiger partial charge in [-0.2, -0.15) is 0 Å². The zero-order valence-corrected chi connectivity index (χ0v) is 31.4. The van der Waals surface area contributed by atoms with Crippen LogP contribution in [0.2, 0.25) is 0 Å². The van der Waals surface area contributed by atoms with Gasteiger partial charge in [-0.05, 0) is 128 Å². The lowest BCUT2D eigenvalue weighted by Crippen LogP contribution is -2.19. The van der Waals surface area contributed by atoms with E-state index >= 15 is 0 Å². The van der Waals surface area contributed by atoms with Crippen molar-refractivity contribution in [3.05, 3.63) is 207 Å². The lowest BCUT2D eigenvalue weighted by Gasteiger charge is -2.30. The fraction of sp³-hybridized carbons (Fsp3) is 0.143. The van der Waals surface area contributed by atoms with Gasteiger partial charge in [-0.3, -0.25) is 0 Å². The molecule has 0 radical (unpaired) electrons. The molecule has 2 atom stereocenters. The van der Waals surface area contributed by atoms with Crippen LogP contribution in [0.25, 0.3) is 32.7 Å². The van der Waals surface area contributed by atoms with Crippen LogP contribution in [-0.4, -0.2) is 10.2 Å². The molecule has 0 fully saturated rings. The largest absolute Gasteiger partial charge is 0.0801 e. The highest BCUT2D eigenvalue weighted by Gasteiger charge is 2.37. The van der Waals surface area contributed by atoms with Gasteiger partial charge in [-0.15, -0.1) is 0 Å². The van der Waals surface area contributed by atoms with Gasteiger partial charge in [0.25, 0.3) is 0 Å². The van der Waals surface area contributed by atoms with Gasteiger partial charge >= 0.3 is 0 Å². The Bertz CT molecular complexity index is 2520. The summed E-state index contributed by atoms with van der Waals surface area (Å²) in [5.74, 6) is 0.277. The Morgan fingerprint density at radius 2 is 1.08 bits per heavy atom. The van der Waals surface area contributed by atoms with E-state index in [4.69, 9.17) is 0 Å². The fourth-order valence-corrected chi connectivity index (χ4v) is 9.48. The Kier molecular flexibility index (Phi) is 7.55. The molecule has 5 aromatic rings. The molecule has 0 spiro atoms. The van der Waals surface area contributed by atoms with E-state index in [9.17, 15) is 0 Å². The summed E-state index contributed by atoms with van der Waals surface area (Å²) in [6.07, 6.45) is 25.4. The molecule has 0 N–H and O–H groups in total. The van der Waals surface area contributed by atoms with E-state index in [2.05, 4.69) is 166 Å². The highest BCUT2D eigenvalue weighted by atomic mass is 28.1. The lowest BCUT2D eigenvalue weighted by molar-refractivity contribution is 0.953. The van der Waals surface area contributed by atoms with E-state index in [0.29, 0.717) is 0 Å². The summed E-state index contributed by atoms with van der Waals surface area (Å²) in [7, 11) is 1.01. The topological polar surface area (TPSA) is 0 Å². The smallest absolute Gasteiger partial charge is 0.0388 e. The van der Waals surface area contributed by atoms with Crippen molar-refractivity contribution in [2.45, 2.75) is 45.4 Å². The lowest BCUT2D eigenvalue weighted by atomic mass is 9.73. The van der Waals surface area contributed by atoms with Crippen LogP contribution in [0.1, 0.15) is 63.6 Å². The minimum Gasteiger partial charge on any atom is -0.0801 e. The second-order valence-corrected chi connectivity index (χ2v) is 15.7. The van der Waals surface area contributed by atoms with E-state index in [1.54, 1.807) is 0 Å². The van der Waals surface area contributed by atoms with E-state index in [-0.39, 0.29) is 11.8 Å². The number of hydrogen-bond donors (Lipinski definition) is 0. The molecular weight excluding hydrogens is 617 g/mol. The number of fused-ring (bicyclic) bond motifs is 2. The second-order valence-electron chi connectivity index (χ2n) is 14.6. The van der Waals surface area contributed by atoms with E-state index in [0.717, 1.165) is 23.1 Å². The Morgan fingerprint density at radius 1 is 0.560 bits per heavy atom. The van der Waals surface area contributed by atoms with Gasteiger partial charge in [0.1, 0.15) is 0 Å². The Hall–Kier alpha value is -5.24. The summed E-state index contributed by atoms with van der Waals surface area (Å²) >= 11 is 0. The summed E-state index contributed by atoms with van der Waals surface area (Å²) in [5.41, 5.74) is 18.4. The predicted octanol–water partition coefficient (Wildman–Crippen LogP) is 10.9. The summed E-state index contributed by atoms with van der Waals surface area (Å²) in [6.45, 7) is 6.90. The van der Waals surface area contributed by atoms with Gasteiger partial charge in [0, 0.05) is 22.1 Å². The van der Waals surface area contributed by atoms with Crippen molar-refractivity contribution in [2.75, 3.05) is 0 Å². The average Bonchev–Trinajstić information content (AvgIpc) is 3.42. The van der Waals surface area contributed by atoms with E-state index < -0.39 is 0 Å². The van der Waals surface area contributed by atoms with Gasteiger partial charge in [0.15, 0.2) is 0 Å². The van der Waals surface area contributed by atoms with Crippen LogP contribution in [0, 0.1) is 20.8 Å². The third-order valence-electron chi connectivity index (χ3n) is 11.4. The zero-order chi connectivity index (χ0) is 33.9. The van der Waals surface area contributed by atoms with E-state index in [1.165, 1.54) is 99.1 Å². The maximum Gasteiger partial charge on any atom is 0.0388 e. The summed E-state index contributed by atoms with van der Waals surface area (Å²) in [4.78, 5) is 0. The molecule has 5 aromatic carbocycles. The number of rotatable bonds is 4. The van der Waals surface area contributed by atoms with Crippen molar-refractivity contribution in [1.29, 1.82) is 0 Å². The highest BCUT2D eigenvalue weighted by molar-refractivity contribution is 6.33. The SMILES string of the molecule is Cc1cc(C2=CC3=C(C=CC=CC3)C2c2ccc([SiH3])c(C)c2C2C(c3cc(C)cc4ccccc34)=CC3=C2C=CC=CC3)c2ccccc2c1. The number of allylic oxidation sites excluding steroid dienone is 16. The molecule has 0 nitrogen and oxygen atoms in total. The first-order valence-corrected chi connectivity index (χ1v) is 19.1. The van der Waals surface area contributed by atoms with Crippen LogP contribution in [0.4, 0.5) is 0 Å². The quantitative estimate of drug-likeness (QED) is 0.169. The maximum absolute atomic E-state index is 2.55. The van der Waals surface area contributed by atoms with Gasteiger partial charge in [-0.25, -0.2) is 0 Å². The zero-order valence-electron chi connectivity index (χ0n) is 29.4. The van der Waals surface area contributed by atoms with Crippen molar-refractivity contribution in [1.82, 2.24) is 0 Å². The first kappa shape index (κ1) is 30.8. The normalized spacial score (nSPS) is 19.7.